The molecule has 0 aliphatic carbocycles. The maximum Gasteiger partial charge on any atom is 0.322 e. The van der Waals surface area contributed by atoms with Crippen LogP contribution in [0.3, 0.4) is 0 Å². The predicted octanol–water partition coefficient (Wildman–Crippen LogP) is -3.49. The number of carboxylic acid groups (broad SMARTS) is 1. The number of nitrogens with one attached hydrogen (secondary N) is 3. The molecule has 0 aromatic rings. The van der Waals surface area contributed by atoms with Crippen molar-refractivity contribution in [3.63, 3.8) is 0 Å². The van der Waals surface area contributed by atoms with Crippen LogP contribution in [0.2, 0.25) is 0 Å². The zero-order valence-electron chi connectivity index (χ0n) is 14.2. The van der Waals surface area contributed by atoms with Crippen molar-refractivity contribution in [1.29, 1.82) is 0 Å². The minimum Gasteiger partial charge on any atom is -0.480 e. The molecule has 0 saturated heterocycles. The molecule has 0 bridgehead atoms. The Morgan fingerprint density at radius 2 is 1.48 bits per heavy atom. The fourth-order valence-electron chi connectivity index (χ4n) is 1.82. The Balaban J connectivity index is 4.94. The molecule has 3 unspecified atom stereocenters. The molecular weight excluding hydrogens is 336 g/mol. The van der Waals surface area contributed by atoms with Gasteiger partial charge in [-0.2, -0.15) is 0 Å². The molecule has 0 radical (unpaired) electrons. The second-order valence-electron chi connectivity index (χ2n) is 5.84. The predicted molar refractivity (Wildman–Crippen MR) is 86.1 cm³/mol. The van der Waals surface area contributed by atoms with Gasteiger partial charge in [-0.3, -0.25) is 19.2 Å². The van der Waals surface area contributed by atoms with Gasteiger partial charge in [0.1, 0.15) is 24.7 Å². The lowest BCUT2D eigenvalue weighted by molar-refractivity contribution is -0.139. The fraction of sp³-hybridized carbons (Fsp3) is 0.714. The monoisotopic (exact) mass is 362 g/mol. The highest BCUT2D eigenvalue weighted by Crippen LogP contribution is 2.06. The highest BCUT2D eigenvalue weighted by atomic mass is 16.4. The van der Waals surface area contributed by atoms with Crippen LogP contribution in [0.5, 0.6) is 0 Å². The lowest BCUT2D eigenvalue weighted by Gasteiger charge is -2.24. The Hall–Kier alpha value is -2.24. The lowest BCUT2D eigenvalue weighted by atomic mass is 10.0. The molecule has 0 aliphatic rings. The molecule has 3 atom stereocenters. The number of carboxylic acids is 1. The number of aliphatic carboxylic acids is 1. The number of carbonyl (C=O) groups excluding carboxylic acids is 3. The second kappa shape index (κ2) is 11.3. The summed E-state index contributed by atoms with van der Waals surface area (Å²) in [4.78, 5) is 46.2. The van der Waals surface area contributed by atoms with Crippen LogP contribution in [0.25, 0.3) is 0 Å². The van der Waals surface area contributed by atoms with Gasteiger partial charge in [0.05, 0.1) is 13.2 Å². The largest absolute Gasteiger partial charge is 0.480 e. The van der Waals surface area contributed by atoms with Gasteiger partial charge in [0, 0.05) is 0 Å². The number of hydrogen-bond acceptors (Lipinski definition) is 7. The summed E-state index contributed by atoms with van der Waals surface area (Å²) < 4.78 is 0. The van der Waals surface area contributed by atoms with E-state index in [1.165, 1.54) is 0 Å². The minimum atomic E-state index is -1.37. The summed E-state index contributed by atoms with van der Waals surface area (Å²) in [6.45, 7) is 1.60. The van der Waals surface area contributed by atoms with E-state index in [4.69, 9.17) is 15.9 Å². The smallest absolute Gasteiger partial charge is 0.322 e. The van der Waals surface area contributed by atoms with Crippen LogP contribution in [-0.4, -0.2) is 76.9 Å². The maximum absolute atomic E-state index is 12.3. The molecule has 144 valence electrons. The van der Waals surface area contributed by atoms with Gasteiger partial charge in [-0.05, 0) is 12.3 Å². The van der Waals surface area contributed by atoms with Crippen LogP contribution >= 0.6 is 0 Å². The lowest BCUT2D eigenvalue weighted by Crippen LogP contribution is -2.57. The van der Waals surface area contributed by atoms with E-state index in [-0.39, 0.29) is 12.3 Å². The molecule has 0 aliphatic heterocycles. The number of hydrogen-bond donors (Lipinski definition) is 7. The first kappa shape index (κ1) is 22.8. The minimum absolute atomic E-state index is 0.00909. The number of amides is 3. The molecule has 0 aromatic carbocycles. The quantitative estimate of drug-likeness (QED) is 0.197. The van der Waals surface area contributed by atoms with Gasteiger partial charge >= 0.3 is 5.97 Å². The Labute approximate surface area is 145 Å². The molecule has 0 fully saturated rings. The first-order chi connectivity index (χ1) is 11.6. The molecule has 25 heavy (non-hydrogen) atoms. The molecule has 0 rings (SSSR count). The van der Waals surface area contributed by atoms with Crippen molar-refractivity contribution < 1.29 is 34.5 Å². The van der Waals surface area contributed by atoms with Crippen molar-refractivity contribution in [2.45, 2.75) is 38.4 Å². The Kier molecular flexibility index (Phi) is 10.3. The van der Waals surface area contributed by atoms with E-state index in [2.05, 4.69) is 10.6 Å². The number of aliphatic hydroxyl groups excluding tert-OH is 2. The van der Waals surface area contributed by atoms with E-state index in [0.717, 1.165) is 0 Å². The van der Waals surface area contributed by atoms with Crippen LogP contribution in [0.1, 0.15) is 20.3 Å². The Morgan fingerprint density at radius 1 is 0.920 bits per heavy atom. The zero-order valence-corrected chi connectivity index (χ0v) is 14.2. The third-order valence-electron chi connectivity index (χ3n) is 3.10. The van der Waals surface area contributed by atoms with Gasteiger partial charge in [-0.15, -0.1) is 0 Å². The molecule has 3 amide bonds. The third kappa shape index (κ3) is 8.98. The summed E-state index contributed by atoms with van der Waals surface area (Å²) in [6.07, 6.45) is 0.227. The summed E-state index contributed by atoms with van der Waals surface area (Å²) in [5.74, 6) is -3.62. The molecule has 0 saturated carbocycles. The molecule has 0 spiro atoms. The molecule has 11 nitrogen and oxygen atoms in total. The summed E-state index contributed by atoms with van der Waals surface area (Å²) in [6, 6.07) is -3.61. The summed E-state index contributed by atoms with van der Waals surface area (Å²) >= 11 is 0. The van der Waals surface area contributed by atoms with Crippen LogP contribution in [0.15, 0.2) is 0 Å². The van der Waals surface area contributed by atoms with Gasteiger partial charge in [0.2, 0.25) is 17.7 Å². The van der Waals surface area contributed by atoms with E-state index < -0.39 is 61.6 Å². The van der Waals surface area contributed by atoms with E-state index in [9.17, 15) is 24.3 Å². The van der Waals surface area contributed by atoms with Gasteiger partial charge < -0.3 is 37.0 Å². The SMILES string of the molecule is CC(C)CC(NC(=O)C(N)CO)C(=O)NC(CO)C(=O)NCC(=O)O. The Bertz CT molecular complexity index is 484. The van der Waals surface area contributed by atoms with Gasteiger partial charge in [-0.25, -0.2) is 0 Å². The highest BCUT2D eigenvalue weighted by molar-refractivity contribution is 5.93. The van der Waals surface area contributed by atoms with E-state index >= 15 is 0 Å². The van der Waals surface area contributed by atoms with Crippen molar-refractivity contribution in [3.8, 4) is 0 Å². The Morgan fingerprint density at radius 3 is 1.92 bits per heavy atom. The topological polar surface area (TPSA) is 191 Å². The van der Waals surface area contributed by atoms with Crippen LogP contribution < -0.4 is 21.7 Å². The van der Waals surface area contributed by atoms with E-state index in [1.807, 2.05) is 19.2 Å². The van der Waals surface area contributed by atoms with Crippen LogP contribution in [-0.2, 0) is 19.2 Å². The number of aliphatic hydroxyl groups is 2. The molecule has 0 heterocycles. The van der Waals surface area contributed by atoms with Gasteiger partial charge in [0.25, 0.3) is 0 Å². The summed E-state index contributed by atoms with van der Waals surface area (Å²) in [5, 5.41) is 33.3. The van der Waals surface area contributed by atoms with E-state index in [0.29, 0.717) is 0 Å². The zero-order chi connectivity index (χ0) is 19.6. The molecule has 11 heteroatoms. The van der Waals surface area contributed by atoms with Crippen LogP contribution in [0.4, 0.5) is 0 Å². The number of rotatable bonds is 11. The second-order valence-corrected chi connectivity index (χ2v) is 5.84. The summed E-state index contributed by atoms with van der Waals surface area (Å²) in [7, 11) is 0. The average molecular weight is 362 g/mol. The van der Waals surface area contributed by atoms with Crippen molar-refractivity contribution in [3.05, 3.63) is 0 Å². The summed E-state index contributed by atoms with van der Waals surface area (Å²) in [5.41, 5.74) is 5.39. The third-order valence-corrected chi connectivity index (χ3v) is 3.10. The van der Waals surface area contributed by atoms with E-state index in [1.54, 1.807) is 0 Å². The molecular formula is C14H26N4O7. The molecule has 8 N–H and O–H groups in total. The average Bonchev–Trinajstić information content (AvgIpc) is 2.55. The standard InChI is InChI=1S/C14H26N4O7/c1-7(2)3-9(17-12(23)8(15)5-19)14(25)18-10(6-20)13(24)16-4-11(21)22/h7-10,19-20H,3-6,15H2,1-2H3,(H,16,24)(H,17,23)(H,18,25)(H,21,22). The maximum atomic E-state index is 12.3. The first-order valence-electron chi connectivity index (χ1n) is 7.69. The fourth-order valence-corrected chi connectivity index (χ4v) is 1.82. The van der Waals surface area contributed by atoms with Crippen molar-refractivity contribution in [1.82, 2.24) is 16.0 Å². The van der Waals surface area contributed by atoms with Crippen molar-refractivity contribution in [2.24, 2.45) is 11.7 Å². The van der Waals surface area contributed by atoms with Crippen molar-refractivity contribution in [2.75, 3.05) is 19.8 Å². The number of carbonyl (C=O) groups is 4. The van der Waals surface area contributed by atoms with Gasteiger partial charge in [0.15, 0.2) is 0 Å². The highest BCUT2D eigenvalue weighted by Gasteiger charge is 2.28. The first-order valence-corrected chi connectivity index (χ1v) is 7.69. The van der Waals surface area contributed by atoms with Gasteiger partial charge in [-0.1, -0.05) is 13.8 Å². The molecule has 0 aromatic heterocycles. The van der Waals surface area contributed by atoms with Crippen molar-refractivity contribution >= 4 is 23.7 Å². The van der Waals surface area contributed by atoms with Crippen LogP contribution in [0, 0.1) is 5.92 Å². The normalized spacial score (nSPS) is 14.3. The number of nitrogens with two attached hydrogens (primary N) is 1.